The normalized spacial score (nSPS) is 10.2. The fourth-order valence-electron chi connectivity index (χ4n) is 1.66. The van der Waals surface area contributed by atoms with Crippen molar-refractivity contribution in [3.8, 4) is 5.75 Å². The summed E-state index contributed by atoms with van der Waals surface area (Å²) in [5, 5.41) is 6.13. The van der Waals surface area contributed by atoms with Crippen molar-refractivity contribution in [3.05, 3.63) is 5.69 Å². The van der Waals surface area contributed by atoms with E-state index in [2.05, 4.69) is 27.5 Å². The van der Waals surface area contributed by atoms with Gasteiger partial charge in [0.1, 0.15) is 0 Å². The average Bonchev–Trinajstić information content (AvgIpc) is 2.41. The molecule has 18 heavy (non-hydrogen) atoms. The number of ether oxygens (including phenoxy) is 1. The highest BCUT2D eigenvalue weighted by Gasteiger charge is 2.13. The minimum atomic E-state index is 0.550. The van der Waals surface area contributed by atoms with Crippen molar-refractivity contribution in [2.24, 2.45) is 5.73 Å². The number of nitrogens with zero attached hydrogens (tertiary/aromatic N) is 2. The second-order valence-corrected chi connectivity index (χ2v) is 3.94. The lowest BCUT2D eigenvalue weighted by Gasteiger charge is -2.14. The molecule has 4 N–H and O–H groups in total. The number of anilines is 2. The van der Waals surface area contributed by atoms with Crippen LogP contribution in [0.4, 0.5) is 11.8 Å². The zero-order valence-electron chi connectivity index (χ0n) is 11.4. The largest absolute Gasteiger partial charge is 0.491 e. The number of rotatable bonds is 8. The number of hydrogen-bond donors (Lipinski definition) is 3. The minimum absolute atomic E-state index is 0.550. The van der Waals surface area contributed by atoms with Crippen molar-refractivity contribution in [1.82, 2.24) is 9.97 Å². The fraction of sp³-hybridized carbons (Fsp3) is 0.667. The van der Waals surface area contributed by atoms with Crippen LogP contribution in [0, 0.1) is 0 Å². The fourth-order valence-corrected chi connectivity index (χ4v) is 1.66. The van der Waals surface area contributed by atoms with Crippen molar-refractivity contribution in [2.75, 3.05) is 37.9 Å². The molecule has 0 aliphatic heterocycles. The molecule has 1 rings (SSSR count). The van der Waals surface area contributed by atoms with Crippen molar-refractivity contribution in [3.63, 3.8) is 0 Å². The second kappa shape index (κ2) is 7.71. The van der Waals surface area contributed by atoms with Crippen molar-refractivity contribution in [1.29, 1.82) is 0 Å². The Morgan fingerprint density at radius 2 is 2.11 bits per heavy atom. The first-order valence-electron chi connectivity index (χ1n) is 6.33. The molecule has 0 saturated carbocycles. The Bertz CT molecular complexity index is 370. The molecule has 0 bridgehead atoms. The summed E-state index contributed by atoms with van der Waals surface area (Å²) in [7, 11) is 3.46. The molecule has 0 atom stereocenters. The van der Waals surface area contributed by atoms with E-state index >= 15 is 0 Å². The van der Waals surface area contributed by atoms with Gasteiger partial charge in [0.15, 0.2) is 11.6 Å². The molecular formula is C12H23N5O. The number of aromatic nitrogens is 2. The first-order valence-corrected chi connectivity index (χ1v) is 6.33. The molecule has 0 spiro atoms. The van der Waals surface area contributed by atoms with Crippen LogP contribution in [0.5, 0.6) is 5.75 Å². The van der Waals surface area contributed by atoms with Gasteiger partial charge in [-0.3, -0.25) is 0 Å². The molecule has 0 amide bonds. The predicted molar refractivity (Wildman–Crippen MR) is 74.3 cm³/mol. The Labute approximate surface area is 108 Å². The van der Waals surface area contributed by atoms with Crippen LogP contribution in [0.1, 0.15) is 25.5 Å². The lowest BCUT2D eigenvalue weighted by molar-refractivity contribution is 0.406. The van der Waals surface area contributed by atoms with Crippen LogP contribution in [0.3, 0.4) is 0 Å². The van der Waals surface area contributed by atoms with Crippen LogP contribution < -0.4 is 21.1 Å². The molecule has 0 unspecified atom stereocenters. The van der Waals surface area contributed by atoms with Crippen molar-refractivity contribution < 1.29 is 4.74 Å². The minimum Gasteiger partial charge on any atom is -0.491 e. The van der Waals surface area contributed by atoms with Gasteiger partial charge in [-0.2, -0.15) is 4.98 Å². The van der Waals surface area contributed by atoms with Gasteiger partial charge in [0, 0.05) is 20.1 Å². The molecule has 0 radical (unpaired) electrons. The Balaban J connectivity index is 3.01. The monoisotopic (exact) mass is 253 g/mol. The summed E-state index contributed by atoms with van der Waals surface area (Å²) >= 11 is 0. The third-order valence-electron chi connectivity index (χ3n) is 2.57. The number of aryl methyl sites for hydroxylation is 1. The Morgan fingerprint density at radius 1 is 1.33 bits per heavy atom. The molecule has 0 aliphatic carbocycles. The SMILES string of the molecule is CCCCc1nc(NCCN)nc(NC)c1OC. The standard InChI is InChI=1S/C12H23N5O/c1-4-5-6-9-10(18-3)11(14-2)17-12(16-9)15-8-7-13/h4-8,13H2,1-3H3,(H2,14,15,16,17). The molecule has 0 aliphatic rings. The van der Waals surface area contributed by atoms with E-state index in [0.29, 0.717) is 24.9 Å². The van der Waals surface area contributed by atoms with Crippen molar-refractivity contribution >= 4 is 11.8 Å². The Hall–Kier alpha value is -1.56. The Morgan fingerprint density at radius 3 is 2.67 bits per heavy atom. The van der Waals surface area contributed by atoms with Crippen LogP contribution >= 0.6 is 0 Å². The molecule has 6 heteroatoms. The highest BCUT2D eigenvalue weighted by atomic mass is 16.5. The number of hydrogen-bond acceptors (Lipinski definition) is 6. The topological polar surface area (TPSA) is 85.1 Å². The van der Waals surface area contributed by atoms with E-state index in [1.54, 1.807) is 7.11 Å². The first-order chi connectivity index (χ1) is 8.76. The van der Waals surface area contributed by atoms with Gasteiger partial charge in [0.2, 0.25) is 5.95 Å². The smallest absolute Gasteiger partial charge is 0.225 e. The lowest BCUT2D eigenvalue weighted by Crippen LogP contribution is -2.16. The van der Waals surface area contributed by atoms with Crippen LogP contribution in [-0.4, -0.2) is 37.2 Å². The summed E-state index contributed by atoms with van der Waals surface area (Å²) in [6, 6.07) is 0. The highest BCUT2D eigenvalue weighted by Crippen LogP contribution is 2.27. The number of methoxy groups -OCH3 is 1. The quantitative estimate of drug-likeness (QED) is 0.646. The molecule has 0 saturated heterocycles. The second-order valence-electron chi connectivity index (χ2n) is 3.94. The molecular weight excluding hydrogens is 230 g/mol. The average molecular weight is 253 g/mol. The lowest BCUT2D eigenvalue weighted by atomic mass is 10.2. The molecule has 6 nitrogen and oxygen atoms in total. The summed E-state index contributed by atoms with van der Waals surface area (Å²) in [5.41, 5.74) is 6.39. The van der Waals surface area contributed by atoms with E-state index in [1.165, 1.54) is 0 Å². The van der Waals surface area contributed by atoms with Gasteiger partial charge in [0.05, 0.1) is 12.8 Å². The summed E-state index contributed by atoms with van der Waals surface area (Å²) < 4.78 is 5.38. The van der Waals surface area contributed by atoms with Gasteiger partial charge in [-0.25, -0.2) is 4.98 Å². The summed E-state index contributed by atoms with van der Waals surface area (Å²) in [6.45, 7) is 3.36. The third kappa shape index (κ3) is 3.73. The number of unbranched alkanes of at least 4 members (excludes halogenated alkanes) is 1. The molecule has 102 valence electrons. The maximum absolute atomic E-state index is 5.46. The van der Waals surface area contributed by atoms with Crippen LogP contribution in [0.2, 0.25) is 0 Å². The molecule has 0 aromatic carbocycles. The zero-order valence-corrected chi connectivity index (χ0v) is 11.4. The molecule has 1 aromatic heterocycles. The van der Waals surface area contributed by atoms with Gasteiger partial charge >= 0.3 is 0 Å². The van der Waals surface area contributed by atoms with Crippen LogP contribution in [0.25, 0.3) is 0 Å². The predicted octanol–water partition coefficient (Wildman–Crippen LogP) is 1.24. The molecule has 0 fully saturated rings. The maximum atomic E-state index is 5.46. The summed E-state index contributed by atoms with van der Waals surface area (Å²) in [5.74, 6) is 2.03. The van der Waals surface area contributed by atoms with E-state index in [1.807, 2.05) is 7.05 Å². The van der Waals surface area contributed by atoms with Gasteiger partial charge in [-0.05, 0) is 12.8 Å². The number of nitrogens with one attached hydrogen (secondary N) is 2. The van der Waals surface area contributed by atoms with Crippen LogP contribution in [-0.2, 0) is 6.42 Å². The van der Waals surface area contributed by atoms with Crippen molar-refractivity contribution in [2.45, 2.75) is 26.2 Å². The van der Waals surface area contributed by atoms with Crippen LogP contribution in [0.15, 0.2) is 0 Å². The Kier molecular flexibility index (Phi) is 6.21. The first kappa shape index (κ1) is 14.5. The molecule has 1 heterocycles. The van der Waals surface area contributed by atoms with Gasteiger partial charge in [0.25, 0.3) is 0 Å². The van der Waals surface area contributed by atoms with Gasteiger partial charge in [-0.15, -0.1) is 0 Å². The van der Waals surface area contributed by atoms with E-state index in [0.717, 1.165) is 30.7 Å². The zero-order chi connectivity index (χ0) is 13.4. The number of nitrogens with two attached hydrogens (primary N) is 1. The van der Waals surface area contributed by atoms with E-state index in [-0.39, 0.29) is 0 Å². The summed E-state index contributed by atoms with van der Waals surface area (Å²) in [4.78, 5) is 8.84. The van der Waals surface area contributed by atoms with E-state index < -0.39 is 0 Å². The van der Waals surface area contributed by atoms with E-state index in [4.69, 9.17) is 10.5 Å². The van der Waals surface area contributed by atoms with E-state index in [9.17, 15) is 0 Å². The summed E-state index contributed by atoms with van der Waals surface area (Å²) in [6.07, 6.45) is 3.08. The van der Waals surface area contributed by atoms with Gasteiger partial charge < -0.3 is 21.1 Å². The highest BCUT2D eigenvalue weighted by molar-refractivity contribution is 5.55. The maximum Gasteiger partial charge on any atom is 0.225 e. The third-order valence-corrected chi connectivity index (χ3v) is 2.57. The van der Waals surface area contributed by atoms with Gasteiger partial charge in [-0.1, -0.05) is 13.3 Å². The molecule has 1 aromatic rings.